The average Bonchev–Trinajstić information content (AvgIpc) is 3.29. The summed E-state index contributed by atoms with van der Waals surface area (Å²) in [5.74, 6) is 2.30. The number of hydrogen-bond acceptors (Lipinski definition) is 4. The van der Waals surface area contributed by atoms with Gasteiger partial charge in [-0.1, -0.05) is 49.3 Å². The van der Waals surface area contributed by atoms with Crippen LogP contribution >= 0.6 is 0 Å². The van der Waals surface area contributed by atoms with Crippen molar-refractivity contribution < 1.29 is 23.8 Å². The number of aryl methyl sites for hydroxylation is 2. The zero-order valence-corrected chi connectivity index (χ0v) is 20.0. The van der Waals surface area contributed by atoms with Crippen LogP contribution in [0.15, 0.2) is 76.9 Å². The molecule has 0 amide bonds. The summed E-state index contributed by atoms with van der Waals surface area (Å²) in [7, 11) is 0. The molecule has 1 N–H and O–H groups in total. The number of furan rings is 1. The Morgan fingerprint density at radius 1 is 1.06 bits per heavy atom. The topological polar surface area (TPSA) is 68.9 Å². The molecule has 0 spiro atoms. The summed E-state index contributed by atoms with van der Waals surface area (Å²) < 4.78 is 18.1. The highest BCUT2D eigenvalue weighted by Gasteiger charge is 2.29. The van der Waals surface area contributed by atoms with Gasteiger partial charge in [-0.05, 0) is 60.7 Å². The van der Waals surface area contributed by atoms with Crippen LogP contribution < -0.4 is 9.47 Å². The van der Waals surface area contributed by atoms with Crippen molar-refractivity contribution in [3.05, 3.63) is 95.0 Å². The number of carboxylic acids is 1. The van der Waals surface area contributed by atoms with Gasteiger partial charge in [0, 0.05) is 24.0 Å². The third-order valence-corrected chi connectivity index (χ3v) is 6.69. The number of hydrogen-bond donors (Lipinski definition) is 1. The minimum atomic E-state index is -0.762. The number of carbonyl (C=O) groups is 1. The SMILES string of the molecule is CCCc1cc(Oc2ccccc2)ccc1OCCc1coc2c1C1=C(CC2)CC(C(=O)O)C=C1. The molecule has 2 aromatic carbocycles. The standard InChI is InChI=1S/C30H30O5/c1-2-6-21-18-25(35-24-7-4-3-5-8-24)11-14-27(21)33-16-15-23-19-34-28-13-10-20-17-22(30(31)32)9-12-26(20)29(23)28/h3-5,7-9,11-12,14,18-19,22H,2,6,10,13,15-17H2,1H3,(H,31,32). The van der Waals surface area contributed by atoms with Crippen molar-refractivity contribution in [1.29, 1.82) is 0 Å². The zero-order valence-electron chi connectivity index (χ0n) is 20.0. The van der Waals surface area contributed by atoms with Gasteiger partial charge in [0.1, 0.15) is 23.0 Å². The van der Waals surface area contributed by atoms with Crippen molar-refractivity contribution in [3.8, 4) is 17.2 Å². The first-order valence-electron chi connectivity index (χ1n) is 12.3. The molecule has 35 heavy (non-hydrogen) atoms. The van der Waals surface area contributed by atoms with E-state index in [1.165, 1.54) is 5.57 Å². The van der Waals surface area contributed by atoms with Crippen LogP contribution in [0.2, 0.25) is 0 Å². The van der Waals surface area contributed by atoms with E-state index in [0.717, 1.165) is 77.4 Å². The summed E-state index contributed by atoms with van der Waals surface area (Å²) in [6.07, 6.45) is 10.5. The number of rotatable bonds is 9. The van der Waals surface area contributed by atoms with Crippen molar-refractivity contribution >= 4 is 11.5 Å². The van der Waals surface area contributed by atoms with Crippen molar-refractivity contribution in [2.75, 3.05) is 6.61 Å². The first-order chi connectivity index (χ1) is 17.1. The lowest BCUT2D eigenvalue weighted by molar-refractivity contribution is -0.140. The first-order valence-corrected chi connectivity index (χ1v) is 12.3. The molecule has 3 aromatic rings. The van der Waals surface area contributed by atoms with E-state index in [4.69, 9.17) is 13.9 Å². The highest BCUT2D eigenvalue weighted by Crippen LogP contribution is 2.41. The van der Waals surface area contributed by atoms with Gasteiger partial charge in [-0.25, -0.2) is 0 Å². The molecular weight excluding hydrogens is 440 g/mol. The second-order valence-corrected chi connectivity index (χ2v) is 9.12. The number of fused-ring (bicyclic) bond motifs is 2. The Kier molecular flexibility index (Phi) is 6.75. The molecule has 5 nitrogen and oxygen atoms in total. The molecule has 5 heteroatoms. The van der Waals surface area contributed by atoms with Crippen LogP contribution in [0.3, 0.4) is 0 Å². The van der Waals surface area contributed by atoms with E-state index in [-0.39, 0.29) is 0 Å². The van der Waals surface area contributed by atoms with Crippen molar-refractivity contribution in [1.82, 2.24) is 0 Å². The number of allylic oxidation sites excluding steroid dienone is 3. The molecule has 0 saturated carbocycles. The van der Waals surface area contributed by atoms with Gasteiger partial charge < -0.3 is 19.0 Å². The maximum absolute atomic E-state index is 11.4. The lowest BCUT2D eigenvalue weighted by Crippen LogP contribution is -2.17. The molecule has 1 aromatic heterocycles. The second kappa shape index (κ2) is 10.3. The smallest absolute Gasteiger partial charge is 0.310 e. The predicted molar refractivity (Wildman–Crippen MR) is 135 cm³/mol. The average molecular weight is 471 g/mol. The summed E-state index contributed by atoms with van der Waals surface area (Å²) in [5, 5.41) is 9.40. The van der Waals surface area contributed by atoms with Gasteiger partial charge in [-0.15, -0.1) is 0 Å². The van der Waals surface area contributed by atoms with E-state index in [9.17, 15) is 9.90 Å². The third kappa shape index (κ3) is 5.04. The van der Waals surface area contributed by atoms with Crippen LogP contribution in [-0.2, 0) is 24.1 Å². The van der Waals surface area contributed by atoms with Gasteiger partial charge in [-0.2, -0.15) is 0 Å². The summed E-state index contributed by atoms with van der Waals surface area (Å²) in [6.45, 7) is 2.69. The van der Waals surface area contributed by atoms with Crippen LogP contribution in [0.1, 0.15) is 48.6 Å². The monoisotopic (exact) mass is 470 g/mol. The van der Waals surface area contributed by atoms with Gasteiger partial charge in [0.05, 0.1) is 18.8 Å². The van der Waals surface area contributed by atoms with Gasteiger partial charge in [0.2, 0.25) is 0 Å². The van der Waals surface area contributed by atoms with Gasteiger partial charge >= 0.3 is 5.97 Å². The predicted octanol–water partition coefficient (Wildman–Crippen LogP) is 7.01. The fourth-order valence-electron chi connectivity index (χ4n) is 4.96. The Hall–Kier alpha value is -3.73. The lowest BCUT2D eigenvalue weighted by Gasteiger charge is -2.24. The second-order valence-electron chi connectivity index (χ2n) is 9.12. The largest absolute Gasteiger partial charge is 0.493 e. The van der Waals surface area contributed by atoms with E-state index >= 15 is 0 Å². The van der Waals surface area contributed by atoms with E-state index in [0.29, 0.717) is 13.0 Å². The number of benzene rings is 2. The van der Waals surface area contributed by atoms with E-state index in [1.807, 2.05) is 54.8 Å². The molecule has 0 bridgehead atoms. The molecule has 180 valence electrons. The molecule has 2 aliphatic rings. The third-order valence-electron chi connectivity index (χ3n) is 6.69. The Morgan fingerprint density at radius 2 is 1.91 bits per heavy atom. The molecule has 1 heterocycles. The molecule has 0 radical (unpaired) electrons. The summed E-state index contributed by atoms with van der Waals surface area (Å²) in [5.41, 5.74) is 5.74. The number of aliphatic carboxylic acids is 1. The van der Waals surface area contributed by atoms with Crippen LogP contribution in [-0.4, -0.2) is 17.7 Å². The number of ether oxygens (including phenoxy) is 2. The fourth-order valence-corrected chi connectivity index (χ4v) is 4.96. The van der Waals surface area contributed by atoms with Crippen molar-refractivity contribution in [3.63, 3.8) is 0 Å². The Balaban J connectivity index is 1.28. The first kappa shape index (κ1) is 23.0. The molecule has 0 aliphatic heterocycles. The van der Waals surface area contributed by atoms with Crippen molar-refractivity contribution in [2.24, 2.45) is 5.92 Å². The Morgan fingerprint density at radius 3 is 2.71 bits per heavy atom. The van der Waals surface area contributed by atoms with Gasteiger partial charge in [0.15, 0.2) is 0 Å². The fraction of sp³-hybridized carbons (Fsp3) is 0.300. The minimum absolute atomic E-state index is 0.431. The molecule has 5 rings (SSSR count). The van der Waals surface area contributed by atoms with Crippen LogP contribution in [0.4, 0.5) is 0 Å². The van der Waals surface area contributed by atoms with Crippen LogP contribution in [0.5, 0.6) is 17.2 Å². The van der Waals surface area contributed by atoms with E-state index in [2.05, 4.69) is 13.0 Å². The Bertz CT molecular complexity index is 1270. The number of carboxylic acid groups (broad SMARTS) is 1. The minimum Gasteiger partial charge on any atom is -0.493 e. The maximum Gasteiger partial charge on any atom is 0.310 e. The highest BCUT2D eigenvalue weighted by atomic mass is 16.5. The zero-order chi connectivity index (χ0) is 24.2. The molecule has 2 aliphatic carbocycles. The summed E-state index contributed by atoms with van der Waals surface area (Å²) in [4.78, 5) is 11.4. The summed E-state index contributed by atoms with van der Waals surface area (Å²) >= 11 is 0. The molecule has 1 unspecified atom stereocenters. The molecule has 0 saturated heterocycles. The maximum atomic E-state index is 11.4. The van der Waals surface area contributed by atoms with E-state index in [1.54, 1.807) is 6.08 Å². The summed E-state index contributed by atoms with van der Waals surface area (Å²) in [6, 6.07) is 15.8. The highest BCUT2D eigenvalue weighted by molar-refractivity contribution is 5.85. The van der Waals surface area contributed by atoms with Crippen molar-refractivity contribution in [2.45, 2.75) is 45.4 Å². The molecule has 1 atom stereocenters. The Labute approximate surface area is 205 Å². The molecular formula is C30H30O5. The quantitative estimate of drug-likeness (QED) is 0.364. The lowest BCUT2D eigenvalue weighted by atomic mass is 9.79. The number of para-hydroxylation sites is 1. The van der Waals surface area contributed by atoms with E-state index < -0.39 is 11.9 Å². The normalized spacial score (nSPS) is 16.5. The van der Waals surface area contributed by atoms with Gasteiger partial charge in [0.25, 0.3) is 0 Å². The van der Waals surface area contributed by atoms with Crippen LogP contribution in [0, 0.1) is 5.92 Å². The van der Waals surface area contributed by atoms with Gasteiger partial charge in [-0.3, -0.25) is 4.79 Å². The molecule has 0 fully saturated rings. The van der Waals surface area contributed by atoms with Crippen LogP contribution in [0.25, 0.3) is 5.57 Å².